The fourth-order valence-corrected chi connectivity index (χ4v) is 2.30. The van der Waals surface area contributed by atoms with Crippen molar-refractivity contribution < 1.29 is 0 Å². The van der Waals surface area contributed by atoms with E-state index in [1.165, 1.54) is 17.8 Å². The maximum atomic E-state index is 3.52. The summed E-state index contributed by atoms with van der Waals surface area (Å²) in [5, 5.41) is 3.52. The molecule has 2 rings (SSSR count). The number of hydrogen-bond donors (Lipinski definition) is 1. The molecule has 1 fully saturated rings. The fraction of sp³-hybridized carbons (Fsp3) is 0.571. The van der Waals surface area contributed by atoms with Gasteiger partial charge in [-0.15, -0.1) is 0 Å². The molecular weight excluding hydrogens is 210 g/mol. The Morgan fingerprint density at radius 2 is 1.94 bits per heavy atom. The molecule has 0 radical (unpaired) electrons. The first-order chi connectivity index (χ1) is 8.16. The van der Waals surface area contributed by atoms with Gasteiger partial charge in [-0.2, -0.15) is 0 Å². The molecule has 1 N–H and O–H groups in total. The third kappa shape index (κ3) is 3.13. The summed E-state index contributed by atoms with van der Waals surface area (Å²) in [7, 11) is 4.15. The molecule has 1 atom stereocenters. The summed E-state index contributed by atoms with van der Waals surface area (Å²) in [4.78, 5) is 4.61. The zero-order chi connectivity index (χ0) is 12.3. The molecule has 0 spiro atoms. The Morgan fingerprint density at radius 3 is 2.59 bits per heavy atom. The van der Waals surface area contributed by atoms with Crippen LogP contribution < -0.4 is 15.1 Å². The predicted molar refractivity (Wildman–Crippen MR) is 75.1 cm³/mol. The van der Waals surface area contributed by atoms with E-state index < -0.39 is 0 Å². The zero-order valence-corrected chi connectivity index (χ0v) is 11.1. The molecule has 1 aromatic carbocycles. The van der Waals surface area contributed by atoms with E-state index in [9.17, 15) is 0 Å². The van der Waals surface area contributed by atoms with Crippen LogP contribution in [0.3, 0.4) is 0 Å². The number of benzene rings is 1. The van der Waals surface area contributed by atoms with Gasteiger partial charge < -0.3 is 15.1 Å². The summed E-state index contributed by atoms with van der Waals surface area (Å²) in [6, 6.07) is 9.42. The van der Waals surface area contributed by atoms with Crippen molar-refractivity contribution in [3.63, 3.8) is 0 Å². The van der Waals surface area contributed by atoms with Crippen LogP contribution in [0.15, 0.2) is 24.3 Å². The zero-order valence-electron chi connectivity index (χ0n) is 11.1. The third-order valence-electron chi connectivity index (χ3n) is 3.32. The average Bonchev–Trinajstić information content (AvgIpc) is 2.54. The largest absolute Gasteiger partial charge is 0.378 e. The van der Waals surface area contributed by atoms with Crippen LogP contribution >= 0.6 is 0 Å². The Labute approximate surface area is 104 Å². The molecule has 3 heteroatoms. The molecule has 1 unspecified atom stereocenters. The third-order valence-corrected chi connectivity index (χ3v) is 3.32. The highest BCUT2D eigenvalue weighted by Gasteiger charge is 2.14. The van der Waals surface area contributed by atoms with Crippen molar-refractivity contribution in [3.05, 3.63) is 24.3 Å². The fourth-order valence-electron chi connectivity index (χ4n) is 2.30. The molecule has 94 valence electrons. The molecule has 1 aliphatic heterocycles. The molecule has 17 heavy (non-hydrogen) atoms. The summed E-state index contributed by atoms with van der Waals surface area (Å²) in [5.74, 6) is 0. The number of rotatable bonds is 2. The second kappa shape index (κ2) is 5.41. The molecular formula is C14H23N3. The smallest absolute Gasteiger partial charge is 0.0368 e. The van der Waals surface area contributed by atoms with Crippen LogP contribution in [0.25, 0.3) is 0 Å². The van der Waals surface area contributed by atoms with E-state index in [0.29, 0.717) is 6.04 Å². The van der Waals surface area contributed by atoms with Crippen molar-refractivity contribution in [2.45, 2.75) is 19.4 Å². The molecule has 1 aliphatic rings. The van der Waals surface area contributed by atoms with Crippen LogP contribution in [-0.2, 0) is 0 Å². The minimum Gasteiger partial charge on any atom is -0.378 e. The lowest BCUT2D eigenvalue weighted by Gasteiger charge is -2.25. The highest BCUT2D eigenvalue weighted by atomic mass is 15.2. The Bertz CT molecular complexity index is 345. The van der Waals surface area contributed by atoms with Gasteiger partial charge in [-0.1, -0.05) is 0 Å². The van der Waals surface area contributed by atoms with Gasteiger partial charge in [0.1, 0.15) is 0 Å². The number of nitrogens with zero attached hydrogens (tertiary/aromatic N) is 2. The lowest BCUT2D eigenvalue weighted by molar-refractivity contribution is 0.585. The normalized spacial score (nSPS) is 21.1. The van der Waals surface area contributed by atoms with E-state index in [-0.39, 0.29) is 0 Å². The van der Waals surface area contributed by atoms with E-state index in [1.54, 1.807) is 0 Å². The second-order valence-corrected chi connectivity index (χ2v) is 5.07. The quantitative estimate of drug-likeness (QED) is 0.842. The Hall–Kier alpha value is -1.22. The maximum Gasteiger partial charge on any atom is 0.0368 e. The monoisotopic (exact) mass is 233 g/mol. The van der Waals surface area contributed by atoms with Crippen LogP contribution in [0.5, 0.6) is 0 Å². The Balaban J connectivity index is 2.10. The molecule has 0 aromatic heterocycles. The van der Waals surface area contributed by atoms with Gasteiger partial charge in [0, 0.05) is 44.6 Å². The molecule has 0 aliphatic carbocycles. The number of hydrogen-bond acceptors (Lipinski definition) is 3. The number of nitrogens with one attached hydrogen (secondary N) is 1. The van der Waals surface area contributed by atoms with Gasteiger partial charge in [-0.3, -0.25) is 0 Å². The lowest BCUT2D eigenvalue weighted by Crippen LogP contribution is -2.35. The van der Waals surface area contributed by atoms with Crippen molar-refractivity contribution in [1.82, 2.24) is 5.32 Å². The topological polar surface area (TPSA) is 18.5 Å². The van der Waals surface area contributed by atoms with E-state index in [2.05, 4.69) is 60.4 Å². The minimum atomic E-state index is 0.575. The summed E-state index contributed by atoms with van der Waals surface area (Å²) in [6.07, 6.45) is 1.22. The molecule has 0 amide bonds. The second-order valence-electron chi connectivity index (χ2n) is 5.07. The SMILES string of the molecule is CC1CN(c2ccc(N(C)C)cc2)CCCN1. The van der Waals surface area contributed by atoms with Crippen LogP contribution in [0.1, 0.15) is 13.3 Å². The summed E-state index contributed by atoms with van der Waals surface area (Å²) >= 11 is 0. The molecule has 0 saturated carbocycles. The highest BCUT2D eigenvalue weighted by molar-refractivity contribution is 5.55. The van der Waals surface area contributed by atoms with Crippen LogP contribution in [0, 0.1) is 0 Å². The standard InChI is InChI=1S/C14H23N3/c1-12-11-17(10-4-9-15-12)14-7-5-13(6-8-14)16(2)3/h5-8,12,15H,4,9-11H2,1-3H3. The van der Waals surface area contributed by atoms with Gasteiger partial charge in [0.25, 0.3) is 0 Å². The van der Waals surface area contributed by atoms with Crippen LogP contribution in [0.4, 0.5) is 11.4 Å². The van der Waals surface area contributed by atoms with Gasteiger partial charge >= 0.3 is 0 Å². The van der Waals surface area contributed by atoms with E-state index in [1.807, 2.05) is 0 Å². The van der Waals surface area contributed by atoms with E-state index >= 15 is 0 Å². The van der Waals surface area contributed by atoms with Crippen molar-refractivity contribution in [2.24, 2.45) is 0 Å². The van der Waals surface area contributed by atoms with Crippen LogP contribution in [0.2, 0.25) is 0 Å². The maximum absolute atomic E-state index is 3.52. The van der Waals surface area contributed by atoms with Crippen molar-refractivity contribution >= 4 is 11.4 Å². The molecule has 3 nitrogen and oxygen atoms in total. The molecule has 1 heterocycles. The lowest BCUT2D eigenvalue weighted by atomic mass is 10.2. The van der Waals surface area contributed by atoms with Gasteiger partial charge in [0.15, 0.2) is 0 Å². The van der Waals surface area contributed by atoms with Gasteiger partial charge in [0.2, 0.25) is 0 Å². The summed E-state index contributed by atoms with van der Waals surface area (Å²) in [6.45, 7) is 5.64. The highest BCUT2D eigenvalue weighted by Crippen LogP contribution is 2.20. The van der Waals surface area contributed by atoms with Crippen molar-refractivity contribution in [1.29, 1.82) is 0 Å². The van der Waals surface area contributed by atoms with Crippen LogP contribution in [-0.4, -0.2) is 39.8 Å². The minimum absolute atomic E-state index is 0.575. The van der Waals surface area contributed by atoms with E-state index in [0.717, 1.165) is 19.6 Å². The van der Waals surface area contributed by atoms with Gasteiger partial charge in [-0.05, 0) is 44.2 Å². The molecule has 0 bridgehead atoms. The number of anilines is 2. The molecule has 1 aromatic rings. The first-order valence-corrected chi connectivity index (χ1v) is 6.42. The predicted octanol–water partition coefficient (Wildman–Crippen LogP) is 1.94. The van der Waals surface area contributed by atoms with Gasteiger partial charge in [0.05, 0.1) is 0 Å². The van der Waals surface area contributed by atoms with E-state index in [4.69, 9.17) is 0 Å². The van der Waals surface area contributed by atoms with Crippen molar-refractivity contribution in [3.8, 4) is 0 Å². The first kappa shape index (κ1) is 12.2. The van der Waals surface area contributed by atoms with Gasteiger partial charge in [-0.25, -0.2) is 0 Å². The first-order valence-electron chi connectivity index (χ1n) is 6.42. The Morgan fingerprint density at radius 1 is 1.24 bits per heavy atom. The average molecular weight is 233 g/mol. The molecule has 1 saturated heterocycles. The summed E-state index contributed by atoms with van der Waals surface area (Å²) in [5.41, 5.74) is 2.60. The summed E-state index contributed by atoms with van der Waals surface area (Å²) < 4.78 is 0. The Kier molecular flexibility index (Phi) is 3.89. The van der Waals surface area contributed by atoms with Crippen molar-refractivity contribution in [2.75, 3.05) is 43.5 Å².